The molecule has 0 aliphatic carbocycles. The maximum Gasteiger partial charge on any atom is 0.203 e. The molecule has 3 aromatic rings. The number of methoxy groups -OCH3 is 1. The van der Waals surface area contributed by atoms with Crippen molar-refractivity contribution >= 4 is 28.0 Å². The van der Waals surface area contributed by atoms with Gasteiger partial charge in [-0.05, 0) is 35.9 Å². The maximum absolute atomic E-state index is 5.09. The van der Waals surface area contributed by atoms with Crippen molar-refractivity contribution in [2.45, 2.75) is 26.0 Å². The van der Waals surface area contributed by atoms with Gasteiger partial charge < -0.3 is 10.1 Å². The molecule has 23 heavy (non-hydrogen) atoms. The van der Waals surface area contributed by atoms with Gasteiger partial charge in [-0.2, -0.15) is 4.37 Å². The Morgan fingerprint density at radius 2 is 2.04 bits per heavy atom. The van der Waals surface area contributed by atoms with Gasteiger partial charge in [0.05, 0.1) is 6.04 Å². The van der Waals surface area contributed by atoms with E-state index in [0.717, 1.165) is 17.4 Å². The molecule has 1 unspecified atom stereocenters. The van der Waals surface area contributed by atoms with Crippen molar-refractivity contribution in [2.24, 2.45) is 0 Å². The molecular formula is C17H19N3OS2. The first-order chi connectivity index (χ1) is 11.3. The molecule has 0 spiro atoms. The second kappa shape index (κ2) is 7.68. The lowest BCUT2D eigenvalue weighted by molar-refractivity contribution is 0.179. The normalized spacial score (nSPS) is 12.3. The topological polar surface area (TPSA) is 47.0 Å². The molecule has 3 rings (SSSR count). The average molecular weight is 345 g/mol. The van der Waals surface area contributed by atoms with Crippen molar-refractivity contribution in [3.63, 3.8) is 0 Å². The molecule has 6 heteroatoms. The molecule has 0 saturated carbocycles. The number of anilines is 1. The summed E-state index contributed by atoms with van der Waals surface area (Å²) >= 11 is 3.17. The molecule has 0 radical (unpaired) electrons. The third kappa shape index (κ3) is 4.16. The Bertz CT molecular complexity index is 739. The monoisotopic (exact) mass is 345 g/mol. The van der Waals surface area contributed by atoms with Crippen molar-refractivity contribution < 1.29 is 4.74 Å². The average Bonchev–Trinajstić information content (AvgIpc) is 3.17. The van der Waals surface area contributed by atoms with Crippen LogP contribution in [0.25, 0.3) is 0 Å². The molecule has 0 amide bonds. The lowest BCUT2D eigenvalue weighted by Gasteiger charge is -2.18. The van der Waals surface area contributed by atoms with E-state index in [2.05, 4.69) is 57.3 Å². The zero-order valence-electron chi connectivity index (χ0n) is 13.2. The second-order valence-corrected chi connectivity index (χ2v) is 7.00. The van der Waals surface area contributed by atoms with Crippen LogP contribution in [0.2, 0.25) is 0 Å². The largest absolute Gasteiger partial charge is 0.377 e. The van der Waals surface area contributed by atoms with Gasteiger partial charge in [0, 0.05) is 23.5 Å². The van der Waals surface area contributed by atoms with Gasteiger partial charge in [-0.1, -0.05) is 30.3 Å². The van der Waals surface area contributed by atoms with Crippen molar-refractivity contribution in [1.82, 2.24) is 9.36 Å². The minimum absolute atomic E-state index is 0.195. The number of rotatable bonds is 7. The molecule has 0 saturated heterocycles. The molecule has 1 atom stereocenters. The fourth-order valence-electron chi connectivity index (χ4n) is 2.45. The van der Waals surface area contributed by atoms with E-state index in [-0.39, 0.29) is 6.04 Å². The maximum atomic E-state index is 5.09. The molecule has 0 aliphatic rings. The van der Waals surface area contributed by atoms with Crippen LogP contribution < -0.4 is 5.32 Å². The van der Waals surface area contributed by atoms with Gasteiger partial charge in [0.15, 0.2) is 5.82 Å². The van der Waals surface area contributed by atoms with Crippen LogP contribution in [0.3, 0.4) is 0 Å². The van der Waals surface area contributed by atoms with Crippen molar-refractivity contribution in [3.8, 4) is 0 Å². The van der Waals surface area contributed by atoms with Gasteiger partial charge in [-0.15, -0.1) is 11.3 Å². The molecule has 4 nitrogen and oxygen atoms in total. The fraction of sp³-hybridized carbons (Fsp3) is 0.294. The van der Waals surface area contributed by atoms with E-state index in [9.17, 15) is 0 Å². The standard InChI is InChI=1S/C17H19N3OS2/c1-12-8-9-22-16(12)14(10-13-6-4-3-5-7-13)18-17-19-15(11-21-2)20-23-17/h3-9,14H,10-11H2,1-2H3,(H,18,19,20). The minimum atomic E-state index is 0.195. The number of hydrogen-bond acceptors (Lipinski definition) is 6. The van der Waals surface area contributed by atoms with Gasteiger partial charge in [0.1, 0.15) is 6.61 Å². The molecule has 0 fully saturated rings. The third-order valence-corrected chi connectivity index (χ3v) is 5.36. The lowest BCUT2D eigenvalue weighted by atomic mass is 10.0. The molecule has 1 N–H and O–H groups in total. The van der Waals surface area contributed by atoms with Crippen LogP contribution >= 0.6 is 22.9 Å². The number of thiophene rings is 1. The fourth-order valence-corrected chi connectivity index (χ4v) is 4.06. The van der Waals surface area contributed by atoms with E-state index in [1.54, 1.807) is 18.4 Å². The lowest BCUT2D eigenvalue weighted by Crippen LogP contribution is -2.13. The molecule has 120 valence electrons. The summed E-state index contributed by atoms with van der Waals surface area (Å²) in [5.74, 6) is 0.723. The Labute approximate surface area is 144 Å². The van der Waals surface area contributed by atoms with E-state index < -0.39 is 0 Å². The smallest absolute Gasteiger partial charge is 0.203 e. The summed E-state index contributed by atoms with van der Waals surface area (Å²) in [6.07, 6.45) is 0.918. The predicted molar refractivity (Wildman–Crippen MR) is 96.2 cm³/mol. The SMILES string of the molecule is COCc1nsc(NC(Cc2ccccc2)c2sccc2C)n1. The van der Waals surface area contributed by atoms with E-state index in [1.165, 1.54) is 27.5 Å². The first-order valence-electron chi connectivity index (χ1n) is 7.42. The van der Waals surface area contributed by atoms with E-state index >= 15 is 0 Å². The Morgan fingerprint density at radius 3 is 2.74 bits per heavy atom. The van der Waals surface area contributed by atoms with Crippen LogP contribution in [0.5, 0.6) is 0 Å². The van der Waals surface area contributed by atoms with Crippen LogP contribution in [-0.4, -0.2) is 16.5 Å². The number of ether oxygens (including phenoxy) is 1. The highest BCUT2D eigenvalue weighted by atomic mass is 32.1. The summed E-state index contributed by atoms with van der Waals surface area (Å²) in [6.45, 7) is 2.60. The van der Waals surface area contributed by atoms with Gasteiger partial charge in [0.25, 0.3) is 0 Å². The number of nitrogens with zero attached hydrogens (tertiary/aromatic N) is 2. The third-order valence-electron chi connectivity index (χ3n) is 3.54. The number of aromatic nitrogens is 2. The number of nitrogens with one attached hydrogen (secondary N) is 1. The first-order valence-corrected chi connectivity index (χ1v) is 9.07. The predicted octanol–water partition coefficient (Wildman–Crippen LogP) is 4.45. The number of benzene rings is 1. The van der Waals surface area contributed by atoms with Crippen molar-refractivity contribution in [3.05, 3.63) is 63.6 Å². The summed E-state index contributed by atoms with van der Waals surface area (Å²) in [5.41, 5.74) is 2.62. The van der Waals surface area contributed by atoms with E-state index in [4.69, 9.17) is 4.74 Å². The zero-order chi connectivity index (χ0) is 16.1. The van der Waals surface area contributed by atoms with E-state index in [0.29, 0.717) is 6.61 Å². The summed E-state index contributed by atoms with van der Waals surface area (Å²) < 4.78 is 9.41. The molecule has 2 heterocycles. The zero-order valence-corrected chi connectivity index (χ0v) is 14.8. The van der Waals surface area contributed by atoms with Crippen LogP contribution in [0, 0.1) is 6.92 Å². The van der Waals surface area contributed by atoms with Crippen LogP contribution in [0.4, 0.5) is 5.13 Å². The first kappa shape index (κ1) is 16.1. The number of aryl methyl sites for hydroxylation is 1. The molecule has 2 aromatic heterocycles. The van der Waals surface area contributed by atoms with Gasteiger partial charge in [0.2, 0.25) is 5.13 Å². The molecule has 0 aliphatic heterocycles. The quantitative estimate of drug-likeness (QED) is 0.687. The molecule has 0 bridgehead atoms. The molecule has 1 aromatic carbocycles. The second-order valence-electron chi connectivity index (χ2n) is 5.30. The molecular weight excluding hydrogens is 326 g/mol. The minimum Gasteiger partial charge on any atom is -0.377 e. The highest BCUT2D eigenvalue weighted by Gasteiger charge is 2.18. The van der Waals surface area contributed by atoms with Gasteiger partial charge in [-0.25, -0.2) is 4.98 Å². The highest BCUT2D eigenvalue weighted by molar-refractivity contribution is 7.10. The van der Waals surface area contributed by atoms with Gasteiger partial charge in [-0.3, -0.25) is 0 Å². The van der Waals surface area contributed by atoms with Crippen LogP contribution in [0.15, 0.2) is 41.8 Å². The Hall–Kier alpha value is -1.76. The Kier molecular flexibility index (Phi) is 5.38. The summed E-state index contributed by atoms with van der Waals surface area (Å²) in [5, 5.41) is 6.53. The van der Waals surface area contributed by atoms with Crippen molar-refractivity contribution in [1.29, 1.82) is 0 Å². The van der Waals surface area contributed by atoms with Crippen LogP contribution in [-0.2, 0) is 17.8 Å². The summed E-state index contributed by atoms with van der Waals surface area (Å²) in [4.78, 5) is 5.84. The Morgan fingerprint density at radius 1 is 1.22 bits per heavy atom. The van der Waals surface area contributed by atoms with E-state index in [1.807, 2.05) is 6.07 Å². The number of hydrogen-bond donors (Lipinski definition) is 1. The van der Waals surface area contributed by atoms with Crippen LogP contribution in [0.1, 0.15) is 27.9 Å². The Balaban J connectivity index is 1.81. The summed E-state index contributed by atoms with van der Waals surface area (Å²) in [7, 11) is 1.65. The van der Waals surface area contributed by atoms with Crippen molar-refractivity contribution in [2.75, 3.05) is 12.4 Å². The highest BCUT2D eigenvalue weighted by Crippen LogP contribution is 2.30. The van der Waals surface area contributed by atoms with Gasteiger partial charge >= 0.3 is 0 Å². The summed E-state index contributed by atoms with van der Waals surface area (Å²) in [6, 6.07) is 12.9.